The summed E-state index contributed by atoms with van der Waals surface area (Å²) in [6.07, 6.45) is 1.09. The van der Waals surface area contributed by atoms with Crippen LogP contribution in [-0.4, -0.2) is 19.3 Å². The first-order valence-electron chi connectivity index (χ1n) is 6.02. The Balaban J connectivity index is 1.90. The lowest BCUT2D eigenvalue weighted by atomic mass is 10.0. The number of nitrogen functional groups attached to an aromatic ring is 1. The number of benzene rings is 1. The van der Waals surface area contributed by atoms with E-state index in [1.54, 1.807) is 6.07 Å². The van der Waals surface area contributed by atoms with Crippen molar-refractivity contribution in [2.45, 2.75) is 25.9 Å². The molecular weight excluding hydrogens is 219 g/mol. The van der Waals surface area contributed by atoms with Gasteiger partial charge in [0.15, 0.2) is 0 Å². The quantitative estimate of drug-likeness (QED) is 0.788. The maximum Gasteiger partial charge on any atom is 0.146 e. The second kappa shape index (κ2) is 5.47. The van der Waals surface area contributed by atoms with Crippen LogP contribution in [0.3, 0.4) is 0 Å². The lowest BCUT2D eigenvalue weighted by molar-refractivity contribution is 0.178. The van der Waals surface area contributed by atoms with Gasteiger partial charge in [-0.25, -0.2) is 4.39 Å². The molecule has 2 rings (SSSR count). The molecule has 0 amide bonds. The van der Waals surface area contributed by atoms with Gasteiger partial charge in [0.2, 0.25) is 0 Å². The normalized spacial score (nSPS) is 21.6. The van der Waals surface area contributed by atoms with E-state index in [0.29, 0.717) is 18.5 Å². The summed E-state index contributed by atoms with van der Waals surface area (Å²) in [5, 5.41) is 3.38. The van der Waals surface area contributed by atoms with Crippen LogP contribution in [0.5, 0.6) is 0 Å². The smallest absolute Gasteiger partial charge is 0.146 e. The summed E-state index contributed by atoms with van der Waals surface area (Å²) < 4.78 is 18.6. The number of nitrogens with two attached hydrogens (primary N) is 1. The van der Waals surface area contributed by atoms with E-state index in [0.717, 1.165) is 25.2 Å². The van der Waals surface area contributed by atoms with Crippen molar-refractivity contribution in [3.8, 4) is 0 Å². The Kier molecular flexibility index (Phi) is 3.97. The van der Waals surface area contributed by atoms with Crippen molar-refractivity contribution < 1.29 is 9.13 Å². The fraction of sp³-hybridized carbons (Fsp3) is 0.538. The topological polar surface area (TPSA) is 47.3 Å². The van der Waals surface area contributed by atoms with Gasteiger partial charge < -0.3 is 15.8 Å². The number of hydrogen-bond acceptors (Lipinski definition) is 3. The van der Waals surface area contributed by atoms with Crippen molar-refractivity contribution in [1.29, 1.82) is 0 Å². The molecule has 4 heteroatoms. The van der Waals surface area contributed by atoms with Gasteiger partial charge in [0, 0.05) is 19.2 Å². The molecule has 0 saturated carbocycles. The molecule has 94 valence electrons. The van der Waals surface area contributed by atoms with E-state index in [4.69, 9.17) is 10.5 Å². The standard InChI is InChI=1S/C13H19FN2O/c1-9(11-5-6-17-8-11)16-7-10-3-2-4-12(14)13(10)15/h2-4,9,11,16H,5-8,15H2,1H3. The Morgan fingerprint density at radius 2 is 2.41 bits per heavy atom. The van der Waals surface area contributed by atoms with Crippen molar-refractivity contribution in [2.75, 3.05) is 18.9 Å². The van der Waals surface area contributed by atoms with Gasteiger partial charge in [-0.3, -0.25) is 0 Å². The average Bonchev–Trinajstić information content (AvgIpc) is 2.84. The van der Waals surface area contributed by atoms with Gasteiger partial charge in [0.1, 0.15) is 5.82 Å². The van der Waals surface area contributed by atoms with Crippen LogP contribution in [0, 0.1) is 11.7 Å². The molecule has 1 aliphatic rings. The Morgan fingerprint density at radius 1 is 1.59 bits per heavy atom. The van der Waals surface area contributed by atoms with Gasteiger partial charge in [-0.1, -0.05) is 12.1 Å². The van der Waals surface area contributed by atoms with E-state index in [1.165, 1.54) is 6.07 Å². The summed E-state index contributed by atoms with van der Waals surface area (Å²) in [5.41, 5.74) is 6.74. The third-order valence-corrected chi connectivity index (χ3v) is 3.43. The van der Waals surface area contributed by atoms with Crippen molar-refractivity contribution in [3.05, 3.63) is 29.6 Å². The van der Waals surface area contributed by atoms with Crippen LogP contribution in [0.4, 0.5) is 10.1 Å². The number of nitrogens with one attached hydrogen (secondary N) is 1. The highest BCUT2D eigenvalue weighted by molar-refractivity contribution is 5.47. The van der Waals surface area contributed by atoms with E-state index in [2.05, 4.69) is 12.2 Å². The molecule has 1 fully saturated rings. The van der Waals surface area contributed by atoms with E-state index in [9.17, 15) is 4.39 Å². The molecule has 1 aliphatic heterocycles. The van der Waals surface area contributed by atoms with Gasteiger partial charge in [-0.15, -0.1) is 0 Å². The SMILES string of the molecule is CC(NCc1cccc(F)c1N)C1CCOC1. The van der Waals surface area contributed by atoms with Crippen molar-refractivity contribution >= 4 is 5.69 Å². The molecule has 17 heavy (non-hydrogen) atoms. The van der Waals surface area contributed by atoms with Gasteiger partial charge in [0.05, 0.1) is 12.3 Å². The fourth-order valence-corrected chi connectivity index (χ4v) is 2.12. The fourth-order valence-electron chi connectivity index (χ4n) is 2.12. The highest BCUT2D eigenvalue weighted by Gasteiger charge is 2.21. The number of para-hydroxylation sites is 1. The summed E-state index contributed by atoms with van der Waals surface area (Å²) in [4.78, 5) is 0. The van der Waals surface area contributed by atoms with Crippen LogP contribution in [0.1, 0.15) is 18.9 Å². The minimum atomic E-state index is -0.346. The zero-order chi connectivity index (χ0) is 12.3. The molecule has 0 aliphatic carbocycles. The molecule has 0 spiro atoms. The molecule has 1 aromatic carbocycles. The van der Waals surface area contributed by atoms with Crippen LogP contribution in [0.25, 0.3) is 0 Å². The monoisotopic (exact) mass is 238 g/mol. The predicted octanol–water partition coefficient (Wildman–Crippen LogP) is 1.92. The minimum Gasteiger partial charge on any atom is -0.396 e. The second-order valence-corrected chi connectivity index (χ2v) is 4.61. The molecule has 3 N–H and O–H groups in total. The van der Waals surface area contributed by atoms with E-state index < -0.39 is 0 Å². The molecule has 2 atom stereocenters. The highest BCUT2D eigenvalue weighted by atomic mass is 19.1. The van der Waals surface area contributed by atoms with Crippen LogP contribution >= 0.6 is 0 Å². The Bertz CT molecular complexity index is 378. The maximum absolute atomic E-state index is 13.2. The van der Waals surface area contributed by atoms with E-state index >= 15 is 0 Å². The molecule has 0 aromatic heterocycles. The van der Waals surface area contributed by atoms with Gasteiger partial charge in [0.25, 0.3) is 0 Å². The molecule has 1 saturated heterocycles. The lowest BCUT2D eigenvalue weighted by Gasteiger charge is -2.19. The molecule has 0 bridgehead atoms. The second-order valence-electron chi connectivity index (χ2n) is 4.61. The van der Waals surface area contributed by atoms with Crippen molar-refractivity contribution in [3.63, 3.8) is 0 Å². The van der Waals surface area contributed by atoms with Gasteiger partial charge >= 0.3 is 0 Å². The maximum atomic E-state index is 13.2. The number of ether oxygens (including phenoxy) is 1. The van der Waals surface area contributed by atoms with E-state index in [-0.39, 0.29) is 11.5 Å². The summed E-state index contributed by atoms with van der Waals surface area (Å²) in [6, 6.07) is 5.28. The van der Waals surface area contributed by atoms with Crippen LogP contribution in [0.15, 0.2) is 18.2 Å². The van der Waals surface area contributed by atoms with Gasteiger partial charge in [-0.2, -0.15) is 0 Å². The predicted molar refractivity (Wildman–Crippen MR) is 66.0 cm³/mol. The average molecular weight is 238 g/mol. The number of halogens is 1. The summed E-state index contributed by atoms with van der Waals surface area (Å²) in [6.45, 7) is 4.39. The number of rotatable bonds is 4. The van der Waals surface area contributed by atoms with Crippen LogP contribution in [0.2, 0.25) is 0 Å². The summed E-state index contributed by atoms with van der Waals surface area (Å²) >= 11 is 0. The largest absolute Gasteiger partial charge is 0.396 e. The molecule has 3 nitrogen and oxygen atoms in total. The number of hydrogen-bond donors (Lipinski definition) is 2. The third-order valence-electron chi connectivity index (χ3n) is 3.43. The molecule has 2 unspecified atom stereocenters. The lowest BCUT2D eigenvalue weighted by Crippen LogP contribution is -2.33. The Hall–Kier alpha value is -1.13. The highest BCUT2D eigenvalue weighted by Crippen LogP contribution is 2.19. The van der Waals surface area contributed by atoms with E-state index in [1.807, 2.05) is 6.07 Å². The first kappa shape index (κ1) is 12.3. The third kappa shape index (κ3) is 2.96. The summed E-state index contributed by atoms with van der Waals surface area (Å²) in [5.74, 6) is 0.200. The van der Waals surface area contributed by atoms with Crippen molar-refractivity contribution in [2.24, 2.45) is 5.92 Å². The Morgan fingerprint density at radius 3 is 3.12 bits per heavy atom. The minimum absolute atomic E-state index is 0.245. The zero-order valence-corrected chi connectivity index (χ0v) is 10.1. The first-order chi connectivity index (χ1) is 8.18. The zero-order valence-electron chi connectivity index (χ0n) is 10.1. The number of anilines is 1. The summed E-state index contributed by atoms with van der Waals surface area (Å²) in [7, 11) is 0. The molecule has 1 heterocycles. The molecule has 1 aromatic rings. The van der Waals surface area contributed by atoms with Crippen LogP contribution in [-0.2, 0) is 11.3 Å². The Labute approximate surface area is 101 Å². The van der Waals surface area contributed by atoms with Gasteiger partial charge in [-0.05, 0) is 30.9 Å². The van der Waals surface area contributed by atoms with Crippen molar-refractivity contribution in [1.82, 2.24) is 5.32 Å². The molecule has 0 radical (unpaired) electrons. The first-order valence-corrected chi connectivity index (χ1v) is 6.02. The molecular formula is C13H19FN2O. The van der Waals surface area contributed by atoms with Crippen LogP contribution < -0.4 is 11.1 Å².